The quantitative estimate of drug-likeness (QED) is 0.649. The molecular weight excluding hydrogens is 388 g/mol. The number of carbonyl (C=O) groups is 2. The number of hydrogen-bond donors (Lipinski definition) is 2. The smallest absolute Gasteiger partial charge is 0.260 e. The number of hydrogen-bond acceptors (Lipinski definition) is 5. The molecule has 2 N–H and O–H groups in total. The SMILES string of the molecule is Cc1occc1C(=O)Nc1nc(CC(=O)N[C@H](C)c2ccc(F)c(F)c2)cs1. The third-order valence-electron chi connectivity index (χ3n) is 4.04. The average Bonchev–Trinajstić information content (AvgIpc) is 3.25. The van der Waals surface area contributed by atoms with Crippen LogP contribution in [-0.4, -0.2) is 16.8 Å². The van der Waals surface area contributed by atoms with Gasteiger partial charge in [0.15, 0.2) is 16.8 Å². The van der Waals surface area contributed by atoms with Crippen LogP contribution >= 0.6 is 11.3 Å². The van der Waals surface area contributed by atoms with Crippen molar-refractivity contribution in [3.8, 4) is 0 Å². The zero-order chi connectivity index (χ0) is 20.3. The second kappa shape index (κ2) is 8.30. The van der Waals surface area contributed by atoms with E-state index in [1.54, 1.807) is 25.3 Å². The number of benzene rings is 1. The monoisotopic (exact) mass is 405 g/mol. The van der Waals surface area contributed by atoms with E-state index in [1.165, 1.54) is 23.7 Å². The van der Waals surface area contributed by atoms with Gasteiger partial charge >= 0.3 is 0 Å². The molecule has 1 atom stereocenters. The number of rotatable bonds is 6. The summed E-state index contributed by atoms with van der Waals surface area (Å²) in [6, 6.07) is 4.55. The Morgan fingerprint density at radius 2 is 2.04 bits per heavy atom. The third kappa shape index (κ3) is 4.61. The first-order chi connectivity index (χ1) is 13.3. The fourth-order valence-electron chi connectivity index (χ4n) is 2.55. The Morgan fingerprint density at radius 1 is 1.25 bits per heavy atom. The lowest BCUT2D eigenvalue weighted by molar-refractivity contribution is -0.121. The normalized spacial score (nSPS) is 11.9. The lowest BCUT2D eigenvalue weighted by atomic mass is 10.1. The molecule has 0 unspecified atom stereocenters. The highest BCUT2D eigenvalue weighted by molar-refractivity contribution is 7.14. The summed E-state index contributed by atoms with van der Waals surface area (Å²) in [5.74, 6) is -2.08. The molecule has 0 aliphatic rings. The van der Waals surface area contributed by atoms with E-state index in [4.69, 9.17) is 4.42 Å². The maximum atomic E-state index is 13.3. The molecular formula is C19H17F2N3O3S. The van der Waals surface area contributed by atoms with Crippen molar-refractivity contribution in [2.24, 2.45) is 0 Å². The summed E-state index contributed by atoms with van der Waals surface area (Å²) in [5.41, 5.74) is 1.35. The highest BCUT2D eigenvalue weighted by Gasteiger charge is 2.16. The maximum absolute atomic E-state index is 13.3. The Balaban J connectivity index is 1.57. The molecule has 28 heavy (non-hydrogen) atoms. The van der Waals surface area contributed by atoms with Gasteiger partial charge in [0.2, 0.25) is 5.91 Å². The standard InChI is InChI=1S/C19H17F2N3O3S/c1-10(12-3-4-15(20)16(21)7-12)22-17(25)8-13-9-28-19(23-13)24-18(26)14-5-6-27-11(14)2/h3-7,9-10H,8H2,1-2H3,(H,22,25)(H,23,24,26)/t10-/m1/s1. The summed E-state index contributed by atoms with van der Waals surface area (Å²) in [6.07, 6.45) is 1.42. The number of furan rings is 1. The average molecular weight is 405 g/mol. The van der Waals surface area contributed by atoms with Gasteiger partial charge in [0.25, 0.3) is 5.91 Å². The molecule has 1 aromatic carbocycles. The molecule has 0 spiro atoms. The van der Waals surface area contributed by atoms with Gasteiger partial charge in [-0.3, -0.25) is 14.9 Å². The fourth-order valence-corrected chi connectivity index (χ4v) is 3.26. The summed E-state index contributed by atoms with van der Waals surface area (Å²) in [5, 5.41) is 7.39. The molecule has 2 aromatic heterocycles. The van der Waals surface area contributed by atoms with Crippen LogP contribution in [0.3, 0.4) is 0 Å². The first-order valence-corrected chi connectivity index (χ1v) is 9.25. The molecule has 0 aliphatic carbocycles. The number of amides is 2. The van der Waals surface area contributed by atoms with Crippen molar-refractivity contribution >= 4 is 28.3 Å². The number of carbonyl (C=O) groups excluding carboxylic acids is 2. The molecule has 2 amide bonds. The van der Waals surface area contributed by atoms with Gasteiger partial charge in [-0.05, 0) is 37.6 Å². The van der Waals surface area contributed by atoms with E-state index in [0.717, 1.165) is 12.1 Å². The second-order valence-electron chi connectivity index (χ2n) is 6.13. The van der Waals surface area contributed by atoms with E-state index in [2.05, 4.69) is 15.6 Å². The Morgan fingerprint density at radius 3 is 2.71 bits per heavy atom. The Bertz CT molecular complexity index is 1020. The number of aromatic nitrogens is 1. The molecule has 0 aliphatic heterocycles. The molecule has 9 heteroatoms. The minimum Gasteiger partial charge on any atom is -0.469 e. The van der Waals surface area contributed by atoms with Crippen molar-refractivity contribution in [3.05, 3.63) is 70.1 Å². The predicted octanol–water partition coefficient (Wildman–Crippen LogP) is 3.99. The van der Waals surface area contributed by atoms with Gasteiger partial charge in [-0.15, -0.1) is 11.3 Å². The van der Waals surface area contributed by atoms with E-state index in [0.29, 0.717) is 27.7 Å². The Hall–Kier alpha value is -3.07. The zero-order valence-electron chi connectivity index (χ0n) is 15.1. The first kappa shape index (κ1) is 19.7. The van der Waals surface area contributed by atoms with Gasteiger partial charge in [0, 0.05) is 5.38 Å². The number of nitrogens with zero attached hydrogens (tertiary/aromatic N) is 1. The molecule has 6 nitrogen and oxygen atoms in total. The molecule has 2 heterocycles. The van der Waals surface area contributed by atoms with Crippen molar-refractivity contribution in [1.82, 2.24) is 10.3 Å². The van der Waals surface area contributed by atoms with Gasteiger partial charge in [0.05, 0.1) is 30.0 Å². The highest BCUT2D eigenvalue weighted by atomic mass is 32.1. The van der Waals surface area contributed by atoms with Crippen molar-refractivity contribution in [2.75, 3.05) is 5.32 Å². The van der Waals surface area contributed by atoms with E-state index in [-0.39, 0.29) is 18.2 Å². The van der Waals surface area contributed by atoms with Crippen LogP contribution in [0.2, 0.25) is 0 Å². The van der Waals surface area contributed by atoms with Crippen LogP contribution < -0.4 is 10.6 Å². The van der Waals surface area contributed by atoms with Gasteiger partial charge in [0.1, 0.15) is 5.76 Å². The molecule has 0 bridgehead atoms. The summed E-state index contributed by atoms with van der Waals surface area (Å²) >= 11 is 1.20. The predicted molar refractivity (Wildman–Crippen MR) is 100 cm³/mol. The van der Waals surface area contributed by atoms with Crippen molar-refractivity contribution in [3.63, 3.8) is 0 Å². The number of nitrogens with one attached hydrogen (secondary N) is 2. The van der Waals surface area contributed by atoms with Crippen molar-refractivity contribution < 1.29 is 22.8 Å². The second-order valence-corrected chi connectivity index (χ2v) is 6.99. The van der Waals surface area contributed by atoms with Crippen LogP contribution in [0.5, 0.6) is 0 Å². The molecule has 0 saturated heterocycles. The maximum Gasteiger partial charge on any atom is 0.260 e. The van der Waals surface area contributed by atoms with Crippen molar-refractivity contribution in [1.29, 1.82) is 0 Å². The van der Waals surface area contributed by atoms with E-state index in [9.17, 15) is 18.4 Å². The third-order valence-corrected chi connectivity index (χ3v) is 4.85. The molecule has 146 valence electrons. The topological polar surface area (TPSA) is 84.2 Å². The summed E-state index contributed by atoms with van der Waals surface area (Å²) < 4.78 is 31.4. The van der Waals surface area contributed by atoms with Crippen LogP contribution in [0.15, 0.2) is 40.3 Å². The zero-order valence-corrected chi connectivity index (χ0v) is 15.9. The minimum atomic E-state index is -0.966. The summed E-state index contributed by atoms with van der Waals surface area (Å²) in [7, 11) is 0. The van der Waals surface area contributed by atoms with E-state index < -0.39 is 17.7 Å². The molecule has 0 saturated carbocycles. The first-order valence-electron chi connectivity index (χ1n) is 8.37. The molecule has 0 radical (unpaired) electrons. The number of thiazole rings is 1. The van der Waals surface area contributed by atoms with Crippen molar-refractivity contribution in [2.45, 2.75) is 26.3 Å². The van der Waals surface area contributed by atoms with Gasteiger partial charge in [-0.25, -0.2) is 13.8 Å². The number of anilines is 1. The van der Waals surface area contributed by atoms with Gasteiger partial charge < -0.3 is 9.73 Å². The molecule has 3 aromatic rings. The van der Waals surface area contributed by atoms with E-state index in [1.807, 2.05) is 0 Å². The molecule has 3 rings (SSSR count). The van der Waals surface area contributed by atoms with Gasteiger partial charge in [-0.1, -0.05) is 6.07 Å². The van der Waals surface area contributed by atoms with Gasteiger partial charge in [-0.2, -0.15) is 0 Å². The lowest BCUT2D eigenvalue weighted by Crippen LogP contribution is -2.28. The van der Waals surface area contributed by atoms with Crippen LogP contribution in [0.1, 0.15) is 40.3 Å². The minimum absolute atomic E-state index is 0.00880. The largest absolute Gasteiger partial charge is 0.469 e. The Kier molecular flexibility index (Phi) is 5.84. The van der Waals surface area contributed by atoms with Crippen LogP contribution in [0, 0.1) is 18.6 Å². The lowest BCUT2D eigenvalue weighted by Gasteiger charge is -2.14. The number of halogens is 2. The van der Waals surface area contributed by atoms with E-state index >= 15 is 0 Å². The van der Waals surface area contributed by atoms with Crippen LogP contribution in [0.4, 0.5) is 13.9 Å². The summed E-state index contributed by atoms with van der Waals surface area (Å²) in [4.78, 5) is 28.6. The van der Waals surface area contributed by atoms with Crippen LogP contribution in [0.25, 0.3) is 0 Å². The Labute approximate surface area is 163 Å². The molecule has 0 fully saturated rings. The highest BCUT2D eigenvalue weighted by Crippen LogP contribution is 2.19. The number of aryl methyl sites for hydroxylation is 1. The fraction of sp³-hybridized carbons (Fsp3) is 0.211. The van der Waals surface area contributed by atoms with Crippen LogP contribution in [-0.2, 0) is 11.2 Å². The summed E-state index contributed by atoms with van der Waals surface area (Å²) in [6.45, 7) is 3.35.